The van der Waals surface area contributed by atoms with Gasteiger partial charge in [-0.05, 0) is 0 Å². The molecule has 1 aliphatic heterocycles. The van der Waals surface area contributed by atoms with Gasteiger partial charge in [0.25, 0.3) is 5.85 Å². The van der Waals surface area contributed by atoms with Crippen molar-refractivity contribution in [3.05, 3.63) is 0 Å². The molecule has 0 aromatic rings. The van der Waals surface area contributed by atoms with Crippen LogP contribution in [0, 0.1) is 0 Å². The quantitative estimate of drug-likeness (QED) is 0.157. The smallest absolute Gasteiger partial charge is 0.347 e. The lowest BCUT2D eigenvalue weighted by Crippen LogP contribution is -2.85. The molecule has 0 aliphatic carbocycles. The summed E-state index contributed by atoms with van der Waals surface area (Å²) in [5.74, 6) is -3.08. The van der Waals surface area contributed by atoms with E-state index in [2.05, 4.69) is 4.74 Å². The third-order valence-corrected chi connectivity index (χ3v) is 1.93. The summed E-state index contributed by atoms with van der Waals surface area (Å²) < 4.78 is 4.40. The second-order valence-electron chi connectivity index (χ2n) is 2.92. The van der Waals surface area contributed by atoms with Gasteiger partial charge in [0.1, 0.15) is 0 Å². The van der Waals surface area contributed by atoms with Crippen LogP contribution in [0.5, 0.6) is 0 Å². The minimum absolute atomic E-state index is 1.03. The summed E-state index contributed by atoms with van der Waals surface area (Å²) in [6.45, 7) is 0. The lowest BCUT2D eigenvalue weighted by atomic mass is 9.95. The van der Waals surface area contributed by atoms with E-state index < -0.39 is 23.1 Å². The highest BCUT2D eigenvalue weighted by atomic mass is 16.6. The first kappa shape index (κ1) is 9.32. The summed E-state index contributed by atoms with van der Waals surface area (Å²) in [7, 11) is 0. The minimum atomic E-state index is -2.07. The van der Waals surface area contributed by atoms with Crippen LogP contribution in [0.15, 0.2) is 0 Å². The number of cyclic esters (lactones) is 1. The first-order valence-electron chi connectivity index (χ1n) is 3.09. The second kappa shape index (κ2) is 1.93. The molecule has 12 N–H and O–H groups in total. The number of rotatable bonds is 0. The molecule has 0 spiro atoms. The van der Waals surface area contributed by atoms with Gasteiger partial charge in [-0.2, -0.15) is 0 Å². The third kappa shape index (κ3) is 0.784. The predicted molar refractivity (Wildman–Crippen MR) is 39.4 cm³/mol. The predicted octanol–water partition coefficient (Wildman–Crippen LogP) is -4.66. The van der Waals surface area contributed by atoms with Crippen LogP contribution in [-0.2, 0) is 9.53 Å². The van der Waals surface area contributed by atoms with Crippen LogP contribution in [0.4, 0.5) is 0 Å². The summed E-state index contributed by atoms with van der Waals surface area (Å²) in [6.07, 6.45) is 0. The van der Waals surface area contributed by atoms with Gasteiger partial charge in [0.15, 0.2) is 5.66 Å². The fourth-order valence-electron chi connectivity index (χ4n) is 0.814. The highest BCUT2D eigenvalue weighted by Gasteiger charge is 2.66. The largest absolute Gasteiger partial charge is 0.425 e. The van der Waals surface area contributed by atoms with Gasteiger partial charge in [0, 0.05) is 0 Å². The number of esters is 1. The Morgan fingerprint density at radius 2 is 1.42 bits per heavy atom. The van der Waals surface area contributed by atoms with Gasteiger partial charge in [-0.3, -0.25) is 11.5 Å². The second-order valence-corrected chi connectivity index (χ2v) is 2.92. The SMILES string of the molecule is NC1(N)OC(=O)C(N)(N)C1(N)N. The monoisotopic (exact) mass is 176 g/mol. The van der Waals surface area contributed by atoms with Crippen LogP contribution in [0.2, 0.25) is 0 Å². The lowest BCUT2D eigenvalue weighted by Gasteiger charge is -2.35. The van der Waals surface area contributed by atoms with Crippen LogP contribution >= 0.6 is 0 Å². The number of nitrogens with two attached hydrogens (primary N) is 6. The first-order chi connectivity index (χ1) is 5.13. The Hall–Kier alpha value is -0.770. The van der Waals surface area contributed by atoms with Crippen molar-refractivity contribution < 1.29 is 9.53 Å². The summed E-state index contributed by atoms with van der Waals surface area (Å²) >= 11 is 0. The van der Waals surface area contributed by atoms with Gasteiger partial charge in [0.2, 0.25) is 5.66 Å². The Bertz CT molecular complexity index is 234. The number of hydrogen-bond donors (Lipinski definition) is 6. The molecule has 0 amide bonds. The number of ether oxygens (including phenoxy) is 1. The van der Waals surface area contributed by atoms with Crippen molar-refractivity contribution in [2.24, 2.45) is 34.4 Å². The van der Waals surface area contributed by atoms with Crippen LogP contribution in [-0.4, -0.2) is 23.1 Å². The topological polar surface area (TPSA) is 182 Å². The van der Waals surface area contributed by atoms with E-state index in [-0.39, 0.29) is 0 Å². The molecule has 70 valence electrons. The molecule has 1 rings (SSSR count). The van der Waals surface area contributed by atoms with Crippen molar-refractivity contribution in [2.45, 2.75) is 17.2 Å². The Labute approximate surface area is 68.1 Å². The number of carbonyl (C=O) groups is 1. The fourth-order valence-corrected chi connectivity index (χ4v) is 0.814. The van der Waals surface area contributed by atoms with E-state index in [0.29, 0.717) is 0 Å². The molecule has 8 heteroatoms. The van der Waals surface area contributed by atoms with Crippen LogP contribution in [0.1, 0.15) is 0 Å². The van der Waals surface area contributed by atoms with Crippen molar-refractivity contribution in [1.29, 1.82) is 0 Å². The Morgan fingerprint density at radius 1 is 1.00 bits per heavy atom. The molecule has 12 heavy (non-hydrogen) atoms. The molecule has 1 fully saturated rings. The normalized spacial score (nSPS) is 30.0. The van der Waals surface area contributed by atoms with Crippen molar-refractivity contribution in [1.82, 2.24) is 0 Å². The fraction of sp³-hybridized carbons (Fsp3) is 0.750. The van der Waals surface area contributed by atoms with E-state index in [1.54, 1.807) is 0 Å². The van der Waals surface area contributed by atoms with E-state index in [1.165, 1.54) is 0 Å². The van der Waals surface area contributed by atoms with Gasteiger partial charge in [0.05, 0.1) is 0 Å². The highest BCUT2D eigenvalue weighted by molar-refractivity contribution is 5.85. The van der Waals surface area contributed by atoms with Gasteiger partial charge in [-0.25, -0.2) is 4.79 Å². The zero-order valence-corrected chi connectivity index (χ0v) is 6.28. The van der Waals surface area contributed by atoms with Gasteiger partial charge in [-0.15, -0.1) is 0 Å². The van der Waals surface area contributed by atoms with Crippen molar-refractivity contribution in [3.8, 4) is 0 Å². The van der Waals surface area contributed by atoms with Gasteiger partial charge in [-0.1, -0.05) is 0 Å². The van der Waals surface area contributed by atoms with E-state index in [4.69, 9.17) is 34.4 Å². The minimum Gasteiger partial charge on any atom is -0.425 e. The molecule has 0 unspecified atom stereocenters. The molecule has 1 heterocycles. The Morgan fingerprint density at radius 3 is 1.50 bits per heavy atom. The van der Waals surface area contributed by atoms with Crippen molar-refractivity contribution in [2.75, 3.05) is 0 Å². The summed E-state index contributed by atoms with van der Waals surface area (Å²) in [5.41, 5.74) is 27.7. The average molecular weight is 176 g/mol. The summed E-state index contributed by atoms with van der Waals surface area (Å²) in [5, 5.41) is 0. The van der Waals surface area contributed by atoms with Gasteiger partial charge >= 0.3 is 5.97 Å². The van der Waals surface area contributed by atoms with Crippen LogP contribution in [0.3, 0.4) is 0 Å². The first-order valence-corrected chi connectivity index (χ1v) is 3.09. The maximum absolute atomic E-state index is 10.9. The zero-order chi connectivity index (χ0) is 9.78. The van der Waals surface area contributed by atoms with Gasteiger partial charge < -0.3 is 27.7 Å². The maximum atomic E-state index is 10.9. The molecular weight excluding hydrogens is 164 g/mol. The highest BCUT2D eigenvalue weighted by Crippen LogP contribution is 2.26. The van der Waals surface area contributed by atoms with Crippen LogP contribution < -0.4 is 34.4 Å². The van der Waals surface area contributed by atoms with Crippen LogP contribution in [0.25, 0.3) is 0 Å². The lowest BCUT2D eigenvalue weighted by molar-refractivity contribution is -0.151. The van der Waals surface area contributed by atoms with E-state index in [9.17, 15) is 4.79 Å². The molecular formula is C4H12N6O2. The van der Waals surface area contributed by atoms with Crippen molar-refractivity contribution >= 4 is 5.97 Å². The summed E-state index contributed by atoms with van der Waals surface area (Å²) in [6, 6.07) is 0. The standard InChI is InChI=1S/C4H12N6O2/c5-2(6)1(11)12-4(9,10)3(2,7)8/h5-10H2. The third-order valence-electron chi connectivity index (χ3n) is 1.93. The molecule has 0 saturated carbocycles. The molecule has 0 radical (unpaired) electrons. The molecule has 0 bridgehead atoms. The van der Waals surface area contributed by atoms with E-state index in [1.807, 2.05) is 0 Å². The Balaban J connectivity index is 3.19. The molecule has 1 aliphatic rings. The molecule has 0 atom stereocenters. The zero-order valence-electron chi connectivity index (χ0n) is 6.28. The van der Waals surface area contributed by atoms with Crippen molar-refractivity contribution in [3.63, 3.8) is 0 Å². The average Bonchev–Trinajstić information content (AvgIpc) is 1.92. The summed E-state index contributed by atoms with van der Waals surface area (Å²) in [4.78, 5) is 10.9. The molecule has 0 aromatic carbocycles. The molecule has 0 aromatic heterocycles. The van der Waals surface area contributed by atoms with E-state index in [0.717, 1.165) is 0 Å². The maximum Gasteiger partial charge on any atom is 0.347 e. The van der Waals surface area contributed by atoms with E-state index >= 15 is 0 Å². The number of carbonyl (C=O) groups excluding carboxylic acids is 1. The number of hydrogen-bond acceptors (Lipinski definition) is 8. The Kier molecular flexibility index (Phi) is 1.50. The molecule has 8 nitrogen and oxygen atoms in total. The molecule has 1 saturated heterocycles.